The second-order valence-corrected chi connectivity index (χ2v) is 7.03. The SMILES string of the molecule is CC(=Nc1c(C(C)C)cccc1C(C)C)c1ccc(Cl)c(Cl)n1. The normalized spacial score (nSPS) is 12.3. The predicted octanol–water partition coefficient (Wildman–Crippen LogP) is 6.78. The Morgan fingerprint density at radius 2 is 1.52 bits per heavy atom. The number of nitrogens with zero attached hydrogens (tertiary/aromatic N) is 2. The van der Waals surface area contributed by atoms with Crippen LogP contribution in [0.1, 0.15) is 63.3 Å². The first kappa shape index (κ1) is 18.0. The van der Waals surface area contributed by atoms with Crippen molar-refractivity contribution in [3.05, 3.63) is 57.3 Å². The van der Waals surface area contributed by atoms with Gasteiger partial charge in [-0.3, -0.25) is 4.99 Å². The van der Waals surface area contributed by atoms with Crippen LogP contribution in [0.4, 0.5) is 5.69 Å². The van der Waals surface area contributed by atoms with Gasteiger partial charge in [0.25, 0.3) is 0 Å². The lowest BCUT2D eigenvalue weighted by Crippen LogP contribution is -2.01. The van der Waals surface area contributed by atoms with Crippen LogP contribution < -0.4 is 0 Å². The Kier molecular flexibility index (Phi) is 5.83. The quantitative estimate of drug-likeness (QED) is 0.441. The summed E-state index contributed by atoms with van der Waals surface area (Å²) in [6.45, 7) is 10.7. The molecule has 0 aliphatic rings. The maximum absolute atomic E-state index is 6.03. The van der Waals surface area contributed by atoms with Gasteiger partial charge in [0, 0.05) is 0 Å². The van der Waals surface area contributed by atoms with Gasteiger partial charge in [0.15, 0.2) is 0 Å². The number of hydrogen-bond donors (Lipinski definition) is 0. The summed E-state index contributed by atoms with van der Waals surface area (Å²) in [6.07, 6.45) is 0. The van der Waals surface area contributed by atoms with Gasteiger partial charge in [-0.15, -0.1) is 0 Å². The van der Waals surface area contributed by atoms with Crippen LogP contribution >= 0.6 is 23.2 Å². The van der Waals surface area contributed by atoms with Crippen molar-refractivity contribution in [1.82, 2.24) is 4.98 Å². The molecule has 1 aromatic carbocycles. The van der Waals surface area contributed by atoms with Gasteiger partial charge in [0.05, 0.1) is 22.1 Å². The third kappa shape index (κ3) is 4.13. The third-order valence-corrected chi connectivity index (χ3v) is 4.49. The van der Waals surface area contributed by atoms with E-state index in [4.69, 9.17) is 28.2 Å². The van der Waals surface area contributed by atoms with Crippen LogP contribution in [0.15, 0.2) is 35.3 Å². The second-order valence-electron chi connectivity index (χ2n) is 6.26. The van der Waals surface area contributed by atoms with Gasteiger partial charge in [-0.2, -0.15) is 0 Å². The fraction of sp³-hybridized carbons (Fsp3) is 0.368. The molecule has 0 amide bonds. The molecule has 23 heavy (non-hydrogen) atoms. The molecule has 122 valence electrons. The molecule has 1 aromatic heterocycles. The van der Waals surface area contributed by atoms with E-state index in [9.17, 15) is 0 Å². The summed E-state index contributed by atoms with van der Waals surface area (Å²) < 4.78 is 0. The Labute approximate surface area is 148 Å². The summed E-state index contributed by atoms with van der Waals surface area (Å²) in [6, 6.07) is 10.00. The molecule has 0 N–H and O–H groups in total. The highest BCUT2D eigenvalue weighted by atomic mass is 35.5. The van der Waals surface area contributed by atoms with Crippen molar-refractivity contribution in [3.8, 4) is 0 Å². The zero-order valence-corrected chi connectivity index (χ0v) is 15.7. The summed E-state index contributed by atoms with van der Waals surface area (Å²) in [5.74, 6) is 0.809. The van der Waals surface area contributed by atoms with Crippen molar-refractivity contribution < 1.29 is 0 Å². The van der Waals surface area contributed by atoms with Gasteiger partial charge < -0.3 is 0 Å². The molecule has 0 bridgehead atoms. The average molecular weight is 349 g/mol. The molecule has 0 aliphatic carbocycles. The number of pyridine rings is 1. The van der Waals surface area contributed by atoms with Crippen molar-refractivity contribution in [1.29, 1.82) is 0 Å². The smallest absolute Gasteiger partial charge is 0.148 e. The summed E-state index contributed by atoms with van der Waals surface area (Å²) in [5.41, 5.74) is 5.11. The van der Waals surface area contributed by atoms with E-state index in [1.807, 2.05) is 13.0 Å². The molecule has 1 heterocycles. The molecule has 0 radical (unpaired) electrons. The number of aromatic nitrogens is 1. The van der Waals surface area contributed by atoms with Crippen LogP contribution in [0.2, 0.25) is 10.2 Å². The van der Waals surface area contributed by atoms with E-state index in [1.165, 1.54) is 11.1 Å². The number of benzene rings is 1. The highest BCUT2D eigenvalue weighted by Gasteiger charge is 2.14. The molecule has 0 spiro atoms. The molecule has 2 aromatic rings. The number of para-hydroxylation sites is 1. The summed E-state index contributed by atoms with van der Waals surface area (Å²) in [7, 11) is 0. The Morgan fingerprint density at radius 1 is 0.957 bits per heavy atom. The van der Waals surface area contributed by atoms with E-state index in [1.54, 1.807) is 6.07 Å². The van der Waals surface area contributed by atoms with Crippen molar-refractivity contribution in [2.24, 2.45) is 4.99 Å². The number of halogens is 2. The molecule has 0 aliphatic heterocycles. The number of hydrogen-bond acceptors (Lipinski definition) is 2. The van der Waals surface area contributed by atoms with Crippen LogP contribution in [-0.2, 0) is 0 Å². The second kappa shape index (κ2) is 7.46. The lowest BCUT2D eigenvalue weighted by molar-refractivity contribution is 0.834. The van der Waals surface area contributed by atoms with E-state index in [0.29, 0.717) is 22.0 Å². The summed E-state index contributed by atoms with van der Waals surface area (Å²) >= 11 is 12.0. The van der Waals surface area contributed by atoms with Gasteiger partial charge in [-0.05, 0) is 42.0 Å². The first-order valence-electron chi connectivity index (χ1n) is 7.81. The van der Waals surface area contributed by atoms with Crippen LogP contribution in [0.3, 0.4) is 0 Å². The van der Waals surface area contributed by atoms with E-state index >= 15 is 0 Å². The number of rotatable bonds is 4. The van der Waals surface area contributed by atoms with Gasteiger partial charge >= 0.3 is 0 Å². The van der Waals surface area contributed by atoms with Crippen LogP contribution in [0, 0.1) is 0 Å². The van der Waals surface area contributed by atoms with Crippen molar-refractivity contribution in [3.63, 3.8) is 0 Å². The van der Waals surface area contributed by atoms with E-state index in [2.05, 4.69) is 50.9 Å². The Morgan fingerprint density at radius 3 is 2.00 bits per heavy atom. The molecule has 0 atom stereocenters. The minimum absolute atomic E-state index is 0.306. The fourth-order valence-electron chi connectivity index (χ4n) is 2.48. The monoisotopic (exact) mass is 348 g/mol. The first-order chi connectivity index (χ1) is 10.8. The highest BCUT2D eigenvalue weighted by molar-refractivity contribution is 6.41. The molecule has 0 saturated heterocycles. The zero-order chi connectivity index (χ0) is 17.1. The van der Waals surface area contributed by atoms with E-state index in [-0.39, 0.29) is 0 Å². The minimum atomic E-state index is 0.306. The molecule has 2 rings (SSSR count). The first-order valence-corrected chi connectivity index (χ1v) is 8.57. The maximum Gasteiger partial charge on any atom is 0.148 e. The lowest BCUT2D eigenvalue weighted by Gasteiger charge is -2.17. The van der Waals surface area contributed by atoms with Gasteiger partial charge in [0.2, 0.25) is 0 Å². The Bertz CT molecular complexity index is 708. The van der Waals surface area contributed by atoms with Crippen LogP contribution in [-0.4, -0.2) is 10.7 Å². The van der Waals surface area contributed by atoms with E-state index < -0.39 is 0 Å². The molecule has 4 heteroatoms. The summed E-state index contributed by atoms with van der Waals surface area (Å²) in [4.78, 5) is 9.22. The molecule has 0 fully saturated rings. The molecular weight excluding hydrogens is 327 g/mol. The Balaban J connectivity index is 2.58. The largest absolute Gasteiger partial charge is 0.251 e. The standard InChI is InChI=1S/C19H22Cl2N2/c1-11(2)14-7-6-8-15(12(3)4)18(14)22-13(5)17-10-9-16(20)19(21)23-17/h6-12H,1-5H3. The number of aliphatic imine (C=N–C) groups is 1. The van der Waals surface area contributed by atoms with E-state index in [0.717, 1.165) is 17.1 Å². The molecule has 0 unspecified atom stereocenters. The highest BCUT2D eigenvalue weighted by Crippen LogP contribution is 2.35. The minimum Gasteiger partial charge on any atom is -0.251 e. The maximum atomic E-state index is 6.03. The zero-order valence-electron chi connectivity index (χ0n) is 14.2. The summed E-state index contributed by atoms with van der Waals surface area (Å²) in [5, 5.41) is 0.758. The van der Waals surface area contributed by atoms with Crippen molar-refractivity contribution in [2.75, 3.05) is 0 Å². The molecule has 0 saturated carbocycles. The van der Waals surface area contributed by atoms with Gasteiger partial charge in [-0.1, -0.05) is 69.1 Å². The van der Waals surface area contributed by atoms with Gasteiger partial charge in [-0.25, -0.2) is 4.98 Å². The lowest BCUT2D eigenvalue weighted by atomic mass is 9.93. The van der Waals surface area contributed by atoms with Crippen molar-refractivity contribution >= 4 is 34.6 Å². The van der Waals surface area contributed by atoms with Gasteiger partial charge in [0.1, 0.15) is 5.15 Å². The van der Waals surface area contributed by atoms with Crippen LogP contribution in [0.25, 0.3) is 0 Å². The fourth-order valence-corrected chi connectivity index (χ4v) is 2.74. The third-order valence-electron chi connectivity index (χ3n) is 3.80. The average Bonchev–Trinajstić information content (AvgIpc) is 2.49. The van der Waals surface area contributed by atoms with Crippen molar-refractivity contribution in [2.45, 2.75) is 46.5 Å². The predicted molar refractivity (Wildman–Crippen MR) is 101 cm³/mol. The molecular formula is C19H22Cl2N2. The van der Waals surface area contributed by atoms with Crippen LogP contribution in [0.5, 0.6) is 0 Å². The topological polar surface area (TPSA) is 25.2 Å². The molecule has 2 nitrogen and oxygen atoms in total. The Hall–Kier alpha value is -1.38.